The van der Waals surface area contributed by atoms with Crippen LogP contribution >= 0.6 is 0 Å². The van der Waals surface area contributed by atoms with E-state index in [9.17, 15) is 9.59 Å². The van der Waals surface area contributed by atoms with Gasteiger partial charge in [-0.05, 0) is 43.9 Å². The molecule has 0 saturated carbocycles. The molecule has 27 heavy (non-hydrogen) atoms. The molecule has 1 aromatic carbocycles. The number of amides is 1. The van der Waals surface area contributed by atoms with E-state index in [1.54, 1.807) is 24.1 Å². The van der Waals surface area contributed by atoms with Gasteiger partial charge < -0.3 is 9.64 Å². The molecule has 142 valence electrons. The summed E-state index contributed by atoms with van der Waals surface area (Å²) in [6, 6.07) is 4.05. The summed E-state index contributed by atoms with van der Waals surface area (Å²) < 4.78 is 7.42. The van der Waals surface area contributed by atoms with E-state index >= 15 is 0 Å². The minimum atomic E-state index is -0.270. The Balaban J connectivity index is 1.51. The van der Waals surface area contributed by atoms with Crippen LogP contribution < -0.4 is 4.74 Å². The molecule has 1 saturated heterocycles. The number of hydrogen-bond acceptors (Lipinski definition) is 4. The van der Waals surface area contributed by atoms with Gasteiger partial charge in [0.05, 0.1) is 11.8 Å². The Bertz CT molecular complexity index is 902. The third-order valence-electron chi connectivity index (χ3n) is 5.81. The molecule has 1 aromatic heterocycles. The smallest absolute Gasteiger partial charge is 0.233 e. The lowest BCUT2D eigenvalue weighted by molar-refractivity contribution is -0.133. The number of ether oxygens (including phenoxy) is 1. The minimum Gasteiger partial charge on any atom is -0.492 e. The first kappa shape index (κ1) is 17.8. The first-order chi connectivity index (χ1) is 12.9. The van der Waals surface area contributed by atoms with Crippen molar-refractivity contribution in [3.8, 4) is 5.75 Å². The quantitative estimate of drug-likeness (QED) is 0.780. The highest BCUT2D eigenvalue weighted by Gasteiger charge is 2.38. The van der Waals surface area contributed by atoms with E-state index in [2.05, 4.69) is 25.0 Å². The van der Waals surface area contributed by atoms with Gasteiger partial charge in [-0.3, -0.25) is 14.3 Å². The predicted octanol–water partition coefficient (Wildman–Crippen LogP) is 2.78. The van der Waals surface area contributed by atoms with E-state index in [4.69, 9.17) is 4.74 Å². The summed E-state index contributed by atoms with van der Waals surface area (Å²) in [5.74, 6) is 0.674. The van der Waals surface area contributed by atoms with Gasteiger partial charge in [0.1, 0.15) is 18.3 Å². The maximum absolute atomic E-state index is 13.3. The fourth-order valence-electron chi connectivity index (χ4n) is 4.11. The molecule has 0 bridgehead atoms. The lowest BCUT2D eigenvalue weighted by Gasteiger charge is -2.26. The minimum absolute atomic E-state index is 0.0409. The van der Waals surface area contributed by atoms with Gasteiger partial charge >= 0.3 is 0 Å². The van der Waals surface area contributed by atoms with Crippen molar-refractivity contribution in [1.82, 2.24) is 14.7 Å². The molecule has 0 aliphatic carbocycles. The number of fused-ring (bicyclic) bond motifs is 1. The van der Waals surface area contributed by atoms with Gasteiger partial charge in [0.25, 0.3) is 0 Å². The highest BCUT2D eigenvalue weighted by molar-refractivity contribution is 5.96. The van der Waals surface area contributed by atoms with Crippen LogP contribution in [0.2, 0.25) is 0 Å². The van der Waals surface area contributed by atoms with E-state index in [0.717, 1.165) is 24.2 Å². The van der Waals surface area contributed by atoms with E-state index in [0.29, 0.717) is 25.1 Å². The SMILES string of the molecule is Cc1cc2c(cc1C)C(C(=O)N1CCCC1CC(=O)c1cnn(C)c1)CO2. The molecule has 2 atom stereocenters. The molecule has 0 N–H and O–H groups in total. The van der Waals surface area contributed by atoms with Crippen molar-refractivity contribution in [1.29, 1.82) is 0 Å². The Morgan fingerprint density at radius 2 is 2.04 bits per heavy atom. The highest BCUT2D eigenvalue weighted by Crippen LogP contribution is 2.38. The van der Waals surface area contributed by atoms with Crippen LogP contribution in [0.15, 0.2) is 24.5 Å². The van der Waals surface area contributed by atoms with Crippen LogP contribution in [0, 0.1) is 13.8 Å². The maximum Gasteiger partial charge on any atom is 0.233 e. The average Bonchev–Trinajstić information content (AvgIpc) is 3.35. The topological polar surface area (TPSA) is 64.4 Å². The van der Waals surface area contributed by atoms with Crippen LogP contribution in [0.1, 0.15) is 52.2 Å². The predicted molar refractivity (Wildman–Crippen MR) is 101 cm³/mol. The van der Waals surface area contributed by atoms with Gasteiger partial charge in [-0.15, -0.1) is 0 Å². The lowest BCUT2D eigenvalue weighted by atomic mass is 9.95. The number of carbonyl (C=O) groups excluding carboxylic acids is 2. The van der Waals surface area contributed by atoms with Crippen molar-refractivity contribution in [3.05, 3.63) is 46.8 Å². The van der Waals surface area contributed by atoms with Crippen molar-refractivity contribution >= 4 is 11.7 Å². The number of nitrogens with zero attached hydrogens (tertiary/aromatic N) is 3. The van der Waals surface area contributed by atoms with Crippen LogP contribution in [0.3, 0.4) is 0 Å². The molecule has 3 heterocycles. The molecule has 2 aliphatic heterocycles. The molecule has 2 aliphatic rings. The third kappa shape index (κ3) is 3.24. The van der Waals surface area contributed by atoms with E-state index in [1.807, 2.05) is 11.0 Å². The summed E-state index contributed by atoms with van der Waals surface area (Å²) in [4.78, 5) is 27.7. The molecule has 1 fully saturated rings. The van der Waals surface area contributed by atoms with Crippen LogP contribution in [-0.4, -0.2) is 45.6 Å². The molecular formula is C21H25N3O3. The number of aromatic nitrogens is 2. The zero-order chi connectivity index (χ0) is 19.1. The fraction of sp³-hybridized carbons (Fsp3) is 0.476. The maximum atomic E-state index is 13.3. The molecule has 2 aromatic rings. The number of hydrogen-bond donors (Lipinski definition) is 0. The second-order valence-corrected chi connectivity index (χ2v) is 7.70. The Hall–Kier alpha value is -2.63. The van der Waals surface area contributed by atoms with Gasteiger partial charge in [-0.25, -0.2) is 0 Å². The van der Waals surface area contributed by atoms with Crippen molar-refractivity contribution < 1.29 is 14.3 Å². The number of carbonyl (C=O) groups is 2. The number of benzene rings is 1. The van der Waals surface area contributed by atoms with Gasteiger partial charge in [0, 0.05) is 37.8 Å². The zero-order valence-electron chi connectivity index (χ0n) is 16.1. The first-order valence-electron chi connectivity index (χ1n) is 9.50. The molecule has 4 rings (SSSR count). The standard InChI is InChI=1S/C21H25N3O3/c1-13-7-17-18(12-27-20(17)8-14(13)2)21(26)24-6-4-5-16(24)9-19(25)15-10-22-23(3)11-15/h7-8,10-11,16,18H,4-6,9,12H2,1-3H3. The Morgan fingerprint density at radius 3 is 2.78 bits per heavy atom. The fourth-order valence-corrected chi connectivity index (χ4v) is 4.11. The number of likely N-dealkylation sites (tertiary alicyclic amines) is 1. The van der Waals surface area contributed by atoms with Crippen molar-refractivity contribution in [2.45, 2.75) is 45.1 Å². The van der Waals surface area contributed by atoms with E-state index in [-0.39, 0.29) is 23.7 Å². The summed E-state index contributed by atoms with van der Waals surface area (Å²) >= 11 is 0. The highest BCUT2D eigenvalue weighted by atomic mass is 16.5. The molecular weight excluding hydrogens is 342 g/mol. The van der Waals surface area contributed by atoms with Gasteiger partial charge in [0.2, 0.25) is 5.91 Å². The number of aryl methyl sites for hydroxylation is 3. The summed E-state index contributed by atoms with van der Waals surface area (Å²) in [6.45, 7) is 5.20. The molecule has 0 spiro atoms. The summed E-state index contributed by atoms with van der Waals surface area (Å²) in [6.07, 6.45) is 5.48. The number of rotatable bonds is 4. The Kier molecular flexibility index (Phi) is 4.50. The van der Waals surface area contributed by atoms with Gasteiger partial charge in [-0.2, -0.15) is 5.10 Å². The van der Waals surface area contributed by atoms with Crippen molar-refractivity contribution in [2.24, 2.45) is 7.05 Å². The van der Waals surface area contributed by atoms with Crippen LogP contribution in [0.25, 0.3) is 0 Å². The van der Waals surface area contributed by atoms with Crippen LogP contribution in [0.5, 0.6) is 5.75 Å². The van der Waals surface area contributed by atoms with E-state index in [1.165, 1.54) is 11.1 Å². The monoisotopic (exact) mass is 367 g/mol. The second kappa shape index (κ2) is 6.83. The lowest BCUT2D eigenvalue weighted by Crippen LogP contribution is -2.40. The molecule has 0 radical (unpaired) electrons. The Labute approximate surface area is 159 Å². The third-order valence-corrected chi connectivity index (χ3v) is 5.81. The van der Waals surface area contributed by atoms with Crippen molar-refractivity contribution in [2.75, 3.05) is 13.2 Å². The summed E-state index contributed by atoms with van der Waals surface area (Å²) in [7, 11) is 1.80. The molecule has 2 unspecified atom stereocenters. The normalized spacial score (nSPS) is 21.2. The Morgan fingerprint density at radius 1 is 1.26 bits per heavy atom. The van der Waals surface area contributed by atoms with E-state index < -0.39 is 0 Å². The van der Waals surface area contributed by atoms with Crippen LogP contribution in [0.4, 0.5) is 0 Å². The summed E-state index contributed by atoms with van der Waals surface area (Å²) in [5.41, 5.74) is 3.93. The first-order valence-corrected chi connectivity index (χ1v) is 9.50. The summed E-state index contributed by atoms with van der Waals surface area (Å²) in [5, 5.41) is 4.07. The average molecular weight is 367 g/mol. The van der Waals surface area contributed by atoms with Crippen molar-refractivity contribution in [3.63, 3.8) is 0 Å². The molecule has 6 nitrogen and oxygen atoms in total. The zero-order valence-corrected chi connectivity index (χ0v) is 16.1. The molecule has 1 amide bonds. The van der Waals surface area contributed by atoms with Gasteiger partial charge in [-0.1, -0.05) is 6.07 Å². The van der Waals surface area contributed by atoms with Gasteiger partial charge in [0.15, 0.2) is 5.78 Å². The number of ketones is 1. The largest absolute Gasteiger partial charge is 0.492 e. The molecule has 6 heteroatoms. The van der Waals surface area contributed by atoms with Crippen LogP contribution in [-0.2, 0) is 11.8 Å². The second-order valence-electron chi connectivity index (χ2n) is 7.70. The number of Topliss-reactive ketones (excluding diaryl/α,β-unsaturated/α-hetero) is 1.